The molecule has 1 aromatic carbocycles. The Hall–Kier alpha value is -2.73. The number of hydrogen-bond acceptors (Lipinski definition) is 5. The highest BCUT2D eigenvalue weighted by Gasteiger charge is 2.25. The van der Waals surface area contributed by atoms with Crippen molar-refractivity contribution in [3.8, 4) is 0 Å². The minimum absolute atomic E-state index is 0.00848. The van der Waals surface area contributed by atoms with Gasteiger partial charge in [0.05, 0.1) is 29.4 Å². The van der Waals surface area contributed by atoms with E-state index in [4.69, 9.17) is 9.26 Å². The zero-order chi connectivity index (χ0) is 18.6. The van der Waals surface area contributed by atoms with Crippen LogP contribution in [0.1, 0.15) is 41.4 Å². The molecule has 27 heavy (non-hydrogen) atoms. The summed E-state index contributed by atoms with van der Waals surface area (Å²) in [5, 5.41) is 4.83. The van der Waals surface area contributed by atoms with E-state index < -0.39 is 0 Å². The topological polar surface area (TPSA) is 68.5 Å². The van der Waals surface area contributed by atoms with Crippen molar-refractivity contribution in [2.45, 2.75) is 38.9 Å². The molecule has 1 amide bonds. The maximum absolute atomic E-state index is 12.8. The molecule has 1 saturated heterocycles. The van der Waals surface area contributed by atoms with Gasteiger partial charge in [-0.1, -0.05) is 42.4 Å². The summed E-state index contributed by atoms with van der Waals surface area (Å²) < 4.78 is 11.2. The highest BCUT2D eigenvalue weighted by molar-refractivity contribution is 5.97. The number of fused-ring (bicyclic) bond motifs is 1. The summed E-state index contributed by atoms with van der Waals surface area (Å²) in [6, 6.07) is 12.0. The summed E-state index contributed by atoms with van der Waals surface area (Å²) in [4.78, 5) is 19.0. The third-order valence-corrected chi connectivity index (χ3v) is 5.04. The maximum atomic E-state index is 12.8. The molecule has 0 atom stereocenters. The monoisotopic (exact) mass is 365 g/mol. The molecule has 3 aromatic rings. The standard InChI is InChI=1S/C21H23N3O3/c1-2-19-18-12-16(13-22-20(18)27-23-19)21(25)24-10-8-17(9-11-24)26-14-15-6-4-3-5-7-15/h3-7,12-13,17H,2,8-11,14H2,1H3. The molecule has 4 rings (SSSR count). The van der Waals surface area contributed by atoms with E-state index in [0.29, 0.717) is 31.0 Å². The van der Waals surface area contributed by atoms with Gasteiger partial charge >= 0.3 is 0 Å². The molecule has 140 valence electrons. The molecule has 0 N–H and O–H groups in total. The lowest BCUT2D eigenvalue weighted by molar-refractivity contribution is -0.000383. The Bertz CT molecular complexity index is 915. The van der Waals surface area contributed by atoms with Crippen molar-refractivity contribution in [3.63, 3.8) is 0 Å². The van der Waals surface area contributed by atoms with Crippen molar-refractivity contribution in [1.82, 2.24) is 15.0 Å². The molecule has 0 bridgehead atoms. The molecule has 0 saturated carbocycles. The van der Waals surface area contributed by atoms with Crippen LogP contribution in [0.5, 0.6) is 0 Å². The number of pyridine rings is 1. The zero-order valence-electron chi connectivity index (χ0n) is 15.4. The predicted octanol–water partition coefficient (Wildman–Crippen LogP) is 3.61. The second-order valence-electron chi connectivity index (χ2n) is 6.85. The van der Waals surface area contributed by atoms with Gasteiger partial charge < -0.3 is 14.2 Å². The first-order valence-electron chi connectivity index (χ1n) is 9.43. The number of nitrogens with zero attached hydrogens (tertiary/aromatic N) is 3. The Morgan fingerprint density at radius 2 is 2.04 bits per heavy atom. The molecular formula is C21H23N3O3. The second kappa shape index (κ2) is 7.88. The first-order chi connectivity index (χ1) is 13.2. The van der Waals surface area contributed by atoms with Gasteiger partial charge in [0, 0.05) is 19.3 Å². The van der Waals surface area contributed by atoms with Crippen LogP contribution in [0.25, 0.3) is 11.1 Å². The number of rotatable bonds is 5. The van der Waals surface area contributed by atoms with E-state index >= 15 is 0 Å². The average Bonchev–Trinajstić information content (AvgIpc) is 3.15. The fourth-order valence-corrected chi connectivity index (χ4v) is 3.45. The lowest BCUT2D eigenvalue weighted by atomic mass is 10.1. The quantitative estimate of drug-likeness (QED) is 0.691. The van der Waals surface area contributed by atoms with Crippen LogP contribution in [0.2, 0.25) is 0 Å². The van der Waals surface area contributed by atoms with E-state index in [1.165, 1.54) is 5.56 Å². The number of amides is 1. The third-order valence-electron chi connectivity index (χ3n) is 5.04. The molecule has 6 nitrogen and oxygen atoms in total. The van der Waals surface area contributed by atoms with Gasteiger partial charge in [-0.05, 0) is 30.9 Å². The molecule has 0 aliphatic carbocycles. The van der Waals surface area contributed by atoms with E-state index in [1.807, 2.05) is 36.1 Å². The first kappa shape index (κ1) is 17.7. The number of likely N-dealkylation sites (tertiary alicyclic amines) is 1. The molecular weight excluding hydrogens is 342 g/mol. The fourth-order valence-electron chi connectivity index (χ4n) is 3.45. The highest BCUT2D eigenvalue weighted by Crippen LogP contribution is 2.21. The van der Waals surface area contributed by atoms with Gasteiger partial charge in [0.25, 0.3) is 11.6 Å². The number of carbonyl (C=O) groups is 1. The van der Waals surface area contributed by atoms with Gasteiger partial charge in [-0.2, -0.15) is 0 Å². The van der Waals surface area contributed by atoms with Crippen molar-refractivity contribution in [2.24, 2.45) is 0 Å². The van der Waals surface area contributed by atoms with Gasteiger partial charge in [-0.25, -0.2) is 4.98 Å². The van der Waals surface area contributed by atoms with Crippen molar-refractivity contribution < 1.29 is 14.1 Å². The SMILES string of the molecule is CCc1noc2ncc(C(=O)N3CCC(OCc4ccccc4)CC3)cc12. The first-order valence-corrected chi connectivity index (χ1v) is 9.43. The smallest absolute Gasteiger partial charge is 0.257 e. The number of benzene rings is 1. The summed E-state index contributed by atoms with van der Waals surface area (Å²) >= 11 is 0. The van der Waals surface area contributed by atoms with Gasteiger partial charge in [0.15, 0.2) is 0 Å². The molecule has 1 fully saturated rings. The fraction of sp³-hybridized carbons (Fsp3) is 0.381. The number of ether oxygens (including phenoxy) is 1. The van der Waals surface area contributed by atoms with E-state index in [-0.39, 0.29) is 12.0 Å². The zero-order valence-corrected chi connectivity index (χ0v) is 15.4. The predicted molar refractivity (Wildman–Crippen MR) is 101 cm³/mol. The Kier molecular flexibility index (Phi) is 5.16. The Morgan fingerprint density at radius 1 is 1.26 bits per heavy atom. The van der Waals surface area contributed by atoms with Crippen LogP contribution in [-0.2, 0) is 17.8 Å². The average molecular weight is 365 g/mol. The van der Waals surface area contributed by atoms with E-state index in [9.17, 15) is 4.79 Å². The van der Waals surface area contributed by atoms with Crippen molar-refractivity contribution in [1.29, 1.82) is 0 Å². The lowest BCUT2D eigenvalue weighted by Crippen LogP contribution is -2.40. The summed E-state index contributed by atoms with van der Waals surface area (Å²) in [6.45, 7) is 4.01. The van der Waals surface area contributed by atoms with Crippen molar-refractivity contribution in [2.75, 3.05) is 13.1 Å². The van der Waals surface area contributed by atoms with E-state index in [2.05, 4.69) is 22.3 Å². The van der Waals surface area contributed by atoms with E-state index in [1.54, 1.807) is 6.20 Å². The van der Waals surface area contributed by atoms with Crippen LogP contribution in [0.15, 0.2) is 47.1 Å². The van der Waals surface area contributed by atoms with Gasteiger partial charge in [0.2, 0.25) is 0 Å². The van der Waals surface area contributed by atoms with Crippen molar-refractivity contribution in [3.05, 3.63) is 59.4 Å². The summed E-state index contributed by atoms with van der Waals surface area (Å²) in [5.74, 6) is 0.00848. The van der Waals surface area contributed by atoms with Crippen LogP contribution < -0.4 is 0 Å². The Labute approximate surface area is 158 Å². The van der Waals surface area contributed by atoms with Crippen LogP contribution >= 0.6 is 0 Å². The number of aromatic nitrogens is 2. The molecule has 1 aliphatic rings. The third kappa shape index (κ3) is 3.85. The lowest BCUT2D eigenvalue weighted by Gasteiger charge is -2.32. The highest BCUT2D eigenvalue weighted by atomic mass is 16.5. The Morgan fingerprint density at radius 3 is 2.78 bits per heavy atom. The molecule has 0 radical (unpaired) electrons. The van der Waals surface area contributed by atoms with E-state index in [0.717, 1.165) is 30.3 Å². The van der Waals surface area contributed by atoms with Crippen molar-refractivity contribution >= 4 is 17.0 Å². The number of hydrogen-bond donors (Lipinski definition) is 0. The van der Waals surface area contributed by atoms with Crippen LogP contribution in [-0.4, -0.2) is 40.1 Å². The molecule has 0 unspecified atom stereocenters. The van der Waals surface area contributed by atoms with Crippen LogP contribution in [0.3, 0.4) is 0 Å². The molecule has 2 aromatic heterocycles. The normalized spacial score (nSPS) is 15.4. The molecule has 6 heteroatoms. The number of carbonyl (C=O) groups excluding carboxylic acids is 1. The number of aryl methyl sites for hydroxylation is 1. The molecule has 0 spiro atoms. The second-order valence-corrected chi connectivity index (χ2v) is 6.85. The van der Waals surface area contributed by atoms with Crippen LogP contribution in [0.4, 0.5) is 0 Å². The number of piperidine rings is 1. The van der Waals surface area contributed by atoms with Gasteiger partial charge in [-0.3, -0.25) is 4.79 Å². The van der Waals surface area contributed by atoms with Gasteiger partial charge in [-0.15, -0.1) is 0 Å². The minimum atomic E-state index is 0.00848. The molecule has 3 heterocycles. The summed E-state index contributed by atoms with van der Waals surface area (Å²) in [5.41, 5.74) is 3.08. The maximum Gasteiger partial charge on any atom is 0.257 e. The molecule has 1 aliphatic heterocycles. The Balaban J connectivity index is 1.35. The minimum Gasteiger partial charge on any atom is -0.373 e. The van der Waals surface area contributed by atoms with Crippen LogP contribution in [0, 0.1) is 0 Å². The summed E-state index contributed by atoms with van der Waals surface area (Å²) in [7, 11) is 0. The van der Waals surface area contributed by atoms with Gasteiger partial charge in [0.1, 0.15) is 0 Å². The largest absolute Gasteiger partial charge is 0.373 e. The summed E-state index contributed by atoms with van der Waals surface area (Å²) in [6.07, 6.45) is 4.22.